The van der Waals surface area contributed by atoms with E-state index in [1.807, 2.05) is 30.3 Å². The summed E-state index contributed by atoms with van der Waals surface area (Å²) in [5.41, 5.74) is 1.27. The zero-order valence-corrected chi connectivity index (χ0v) is 14.1. The van der Waals surface area contributed by atoms with Crippen LogP contribution in [-0.2, 0) is 0 Å². The average molecular weight is 339 g/mol. The van der Waals surface area contributed by atoms with Gasteiger partial charge in [-0.15, -0.1) is 0 Å². The lowest BCUT2D eigenvalue weighted by Gasteiger charge is -2.11. The first-order valence-corrected chi connectivity index (χ1v) is 7.56. The summed E-state index contributed by atoms with van der Waals surface area (Å²) in [6.45, 7) is 0. The molecule has 0 radical (unpaired) electrons. The van der Waals surface area contributed by atoms with Crippen LogP contribution in [0.1, 0.15) is 0 Å². The number of ether oxygens (including phenoxy) is 3. The highest BCUT2D eigenvalue weighted by Gasteiger charge is 2.17. The van der Waals surface area contributed by atoms with Crippen molar-refractivity contribution in [1.29, 1.82) is 0 Å². The molecule has 0 aromatic heterocycles. The summed E-state index contributed by atoms with van der Waals surface area (Å²) in [6, 6.07) is 14.2. The molecule has 3 aromatic rings. The molecule has 0 aliphatic carbocycles. The summed E-state index contributed by atoms with van der Waals surface area (Å²) in [5, 5.41) is 13.3. The Labute approximate surface area is 144 Å². The van der Waals surface area contributed by atoms with E-state index >= 15 is 0 Å². The zero-order chi connectivity index (χ0) is 18.0. The SMILES string of the molecule is COc1ccc(-c2ccc3cc(OC)c(OC)cc3c2)c([N+](=O)[O-])c1. The lowest BCUT2D eigenvalue weighted by molar-refractivity contribution is -0.384. The maximum atomic E-state index is 11.4. The van der Waals surface area contributed by atoms with E-state index in [4.69, 9.17) is 14.2 Å². The van der Waals surface area contributed by atoms with E-state index in [1.165, 1.54) is 13.2 Å². The summed E-state index contributed by atoms with van der Waals surface area (Å²) < 4.78 is 15.7. The molecule has 0 atom stereocenters. The van der Waals surface area contributed by atoms with Crippen molar-refractivity contribution in [3.8, 4) is 28.4 Å². The number of nitrogens with zero attached hydrogens (tertiary/aromatic N) is 1. The minimum Gasteiger partial charge on any atom is -0.497 e. The Kier molecular flexibility index (Phi) is 4.43. The molecule has 6 heteroatoms. The first-order chi connectivity index (χ1) is 12.1. The van der Waals surface area contributed by atoms with Gasteiger partial charge in [0.15, 0.2) is 11.5 Å². The molecular weight excluding hydrogens is 322 g/mol. The summed E-state index contributed by atoms with van der Waals surface area (Å²) in [4.78, 5) is 11.0. The number of methoxy groups -OCH3 is 3. The molecule has 128 valence electrons. The molecule has 0 amide bonds. The van der Waals surface area contributed by atoms with Crippen LogP contribution in [-0.4, -0.2) is 26.3 Å². The number of hydrogen-bond acceptors (Lipinski definition) is 5. The van der Waals surface area contributed by atoms with Gasteiger partial charge < -0.3 is 14.2 Å². The van der Waals surface area contributed by atoms with Gasteiger partial charge in [-0.25, -0.2) is 0 Å². The second-order valence-corrected chi connectivity index (χ2v) is 5.41. The van der Waals surface area contributed by atoms with Crippen LogP contribution in [0.25, 0.3) is 21.9 Å². The molecule has 0 fully saturated rings. The average Bonchev–Trinajstić information content (AvgIpc) is 2.65. The standard InChI is InChI=1S/C19H17NO5/c1-23-15-6-7-16(17(11-15)20(21)22)13-5-4-12-9-18(24-2)19(25-3)10-14(12)8-13/h4-11H,1-3H3. The van der Waals surface area contributed by atoms with Gasteiger partial charge in [-0.3, -0.25) is 10.1 Å². The molecule has 0 bridgehead atoms. The van der Waals surface area contributed by atoms with Crippen LogP contribution in [0.5, 0.6) is 17.2 Å². The molecule has 0 N–H and O–H groups in total. The summed E-state index contributed by atoms with van der Waals surface area (Å²) >= 11 is 0. The third-order valence-electron chi connectivity index (χ3n) is 4.06. The van der Waals surface area contributed by atoms with Gasteiger partial charge in [0.05, 0.1) is 37.9 Å². The number of nitro groups is 1. The molecule has 0 saturated heterocycles. The Morgan fingerprint density at radius 3 is 2.08 bits per heavy atom. The second kappa shape index (κ2) is 6.68. The van der Waals surface area contributed by atoms with E-state index in [2.05, 4.69) is 0 Å². The fraction of sp³-hybridized carbons (Fsp3) is 0.158. The topological polar surface area (TPSA) is 70.8 Å². The van der Waals surface area contributed by atoms with Crippen molar-refractivity contribution < 1.29 is 19.1 Å². The van der Waals surface area contributed by atoms with Gasteiger partial charge in [0.1, 0.15) is 5.75 Å². The predicted molar refractivity (Wildman–Crippen MR) is 95.7 cm³/mol. The number of hydrogen-bond donors (Lipinski definition) is 0. The van der Waals surface area contributed by atoms with E-state index < -0.39 is 4.92 Å². The van der Waals surface area contributed by atoms with Crippen LogP contribution in [0.4, 0.5) is 5.69 Å². The van der Waals surface area contributed by atoms with Crippen LogP contribution >= 0.6 is 0 Å². The van der Waals surface area contributed by atoms with Gasteiger partial charge in [-0.1, -0.05) is 12.1 Å². The Balaban J connectivity index is 2.18. The van der Waals surface area contributed by atoms with Gasteiger partial charge in [-0.2, -0.15) is 0 Å². The van der Waals surface area contributed by atoms with Gasteiger partial charge in [0, 0.05) is 0 Å². The number of benzene rings is 3. The molecule has 3 aromatic carbocycles. The van der Waals surface area contributed by atoms with Gasteiger partial charge >= 0.3 is 0 Å². The highest BCUT2D eigenvalue weighted by atomic mass is 16.6. The minimum absolute atomic E-state index is 0.000762. The number of nitro benzene ring substituents is 1. The summed E-state index contributed by atoms with van der Waals surface area (Å²) in [6.07, 6.45) is 0. The first kappa shape index (κ1) is 16.6. The molecule has 0 aliphatic heterocycles. The van der Waals surface area contributed by atoms with Gasteiger partial charge in [-0.05, 0) is 46.7 Å². The van der Waals surface area contributed by atoms with Crippen LogP contribution < -0.4 is 14.2 Å². The largest absolute Gasteiger partial charge is 0.497 e. The van der Waals surface area contributed by atoms with Crippen molar-refractivity contribution >= 4 is 16.5 Å². The molecule has 0 heterocycles. The Hall–Kier alpha value is -3.28. The smallest absolute Gasteiger partial charge is 0.280 e. The lowest BCUT2D eigenvalue weighted by atomic mass is 9.99. The Morgan fingerprint density at radius 1 is 0.800 bits per heavy atom. The number of rotatable bonds is 5. The quantitative estimate of drug-likeness (QED) is 0.507. The predicted octanol–water partition coefficient (Wildman–Crippen LogP) is 4.44. The number of fused-ring (bicyclic) bond motifs is 1. The monoisotopic (exact) mass is 339 g/mol. The molecule has 0 saturated carbocycles. The molecule has 0 aliphatic rings. The molecule has 0 spiro atoms. The third-order valence-corrected chi connectivity index (χ3v) is 4.06. The van der Waals surface area contributed by atoms with Crippen molar-refractivity contribution in [3.63, 3.8) is 0 Å². The maximum absolute atomic E-state index is 11.4. The van der Waals surface area contributed by atoms with Crippen LogP contribution in [0.15, 0.2) is 48.5 Å². The molecule has 25 heavy (non-hydrogen) atoms. The van der Waals surface area contributed by atoms with E-state index in [9.17, 15) is 10.1 Å². The highest BCUT2D eigenvalue weighted by molar-refractivity contribution is 5.91. The van der Waals surface area contributed by atoms with E-state index in [-0.39, 0.29) is 5.69 Å². The van der Waals surface area contributed by atoms with E-state index in [0.29, 0.717) is 22.8 Å². The third kappa shape index (κ3) is 3.06. The highest BCUT2D eigenvalue weighted by Crippen LogP contribution is 2.37. The van der Waals surface area contributed by atoms with Crippen molar-refractivity contribution in [2.24, 2.45) is 0 Å². The van der Waals surface area contributed by atoms with E-state index in [1.54, 1.807) is 26.4 Å². The lowest BCUT2D eigenvalue weighted by Crippen LogP contribution is -1.94. The Bertz CT molecular complexity index is 952. The van der Waals surface area contributed by atoms with Crippen LogP contribution in [0.3, 0.4) is 0 Å². The molecule has 6 nitrogen and oxygen atoms in total. The minimum atomic E-state index is -0.406. The fourth-order valence-electron chi connectivity index (χ4n) is 2.78. The van der Waals surface area contributed by atoms with E-state index in [0.717, 1.165) is 16.3 Å². The molecule has 3 rings (SSSR count). The van der Waals surface area contributed by atoms with Crippen molar-refractivity contribution in [3.05, 3.63) is 58.6 Å². The van der Waals surface area contributed by atoms with Crippen molar-refractivity contribution in [2.45, 2.75) is 0 Å². The van der Waals surface area contributed by atoms with Crippen molar-refractivity contribution in [1.82, 2.24) is 0 Å². The van der Waals surface area contributed by atoms with Gasteiger partial charge in [0.2, 0.25) is 0 Å². The Morgan fingerprint density at radius 2 is 1.48 bits per heavy atom. The second-order valence-electron chi connectivity index (χ2n) is 5.41. The van der Waals surface area contributed by atoms with Gasteiger partial charge in [0.25, 0.3) is 5.69 Å². The fourth-order valence-corrected chi connectivity index (χ4v) is 2.78. The van der Waals surface area contributed by atoms with Crippen LogP contribution in [0.2, 0.25) is 0 Å². The summed E-state index contributed by atoms with van der Waals surface area (Å²) in [7, 11) is 4.63. The van der Waals surface area contributed by atoms with Crippen molar-refractivity contribution in [2.75, 3.05) is 21.3 Å². The normalized spacial score (nSPS) is 10.5. The summed E-state index contributed by atoms with van der Waals surface area (Å²) in [5.74, 6) is 1.69. The molecule has 0 unspecified atom stereocenters. The molecular formula is C19H17NO5. The first-order valence-electron chi connectivity index (χ1n) is 7.56. The zero-order valence-electron chi connectivity index (χ0n) is 14.1. The maximum Gasteiger partial charge on any atom is 0.280 e. The van der Waals surface area contributed by atoms with Crippen LogP contribution in [0, 0.1) is 10.1 Å².